The van der Waals surface area contributed by atoms with E-state index >= 15 is 0 Å². The van der Waals surface area contributed by atoms with Crippen molar-refractivity contribution in [2.45, 2.75) is 26.5 Å². The number of nitrogens with one attached hydrogen (secondary N) is 1. The Kier molecular flexibility index (Phi) is 5.46. The van der Waals surface area contributed by atoms with Crippen LogP contribution in [0.5, 0.6) is 0 Å². The summed E-state index contributed by atoms with van der Waals surface area (Å²) in [5.74, 6) is -0.224. The van der Waals surface area contributed by atoms with Crippen LogP contribution in [0.3, 0.4) is 0 Å². The second-order valence-electron chi connectivity index (χ2n) is 4.74. The van der Waals surface area contributed by atoms with Gasteiger partial charge in [-0.3, -0.25) is 9.59 Å². The van der Waals surface area contributed by atoms with Gasteiger partial charge in [-0.05, 0) is 19.9 Å². The molecule has 2 aromatic rings. The monoisotopic (exact) mass is 321 g/mol. The molecular formula is C15H19N3O3S. The first-order valence-corrected chi connectivity index (χ1v) is 7.91. The minimum atomic E-state index is -0.224. The summed E-state index contributed by atoms with van der Waals surface area (Å²) in [6.45, 7) is 4.85. The van der Waals surface area contributed by atoms with E-state index in [0.29, 0.717) is 18.7 Å². The third-order valence-electron chi connectivity index (χ3n) is 3.14. The van der Waals surface area contributed by atoms with Crippen LogP contribution in [0.25, 0.3) is 0 Å². The number of thiazole rings is 1. The largest absolute Gasteiger partial charge is 0.372 e. The molecule has 0 aliphatic carbocycles. The maximum atomic E-state index is 11.9. The zero-order chi connectivity index (χ0) is 16.1. The predicted molar refractivity (Wildman–Crippen MR) is 85.3 cm³/mol. The summed E-state index contributed by atoms with van der Waals surface area (Å²) >= 11 is 1.51. The summed E-state index contributed by atoms with van der Waals surface area (Å²) in [5.41, 5.74) is 1.06. The second kappa shape index (κ2) is 7.33. The first-order chi connectivity index (χ1) is 10.5. The molecule has 22 heavy (non-hydrogen) atoms. The maximum absolute atomic E-state index is 11.9. The average molecular weight is 321 g/mol. The lowest BCUT2D eigenvalue weighted by Gasteiger charge is -2.08. The third kappa shape index (κ3) is 3.80. The van der Waals surface area contributed by atoms with Crippen LogP contribution >= 0.6 is 11.3 Å². The number of hydrogen-bond donors (Lipinski definition) is 1. The standard InChI is InChI=1S/C15H19N3O3S/c1-4-21-10(2)15-17-12(9-22-15)8-18-7-11(14(20)16-3)5-6-13(18)19/h5-7,9-10H,4,8H2,1-3H3,(H,16,20). The van der Waals surface area contributed by atoms with Crippen LogP contribution in [0.15, 0.2) is 28.5 Å². The van der Waals surface area contributed by atoms with Crippen molar-refractivity contribution in [2.24, 2.45) is 0 Å². The van der Waals surface area contributed by atoms with Crippen LogP contribution < -0.4 is 10.9 Å². The van der Waals surface area contributed by atoms with Gasteiger partial charge in [0.25, 0.3) is 11.5 Å². The molecule has 7 heteroatoms. The van der Waals surface area contributed by atoms with Crippen molar-refractivity contribution < 1.29 is 9.53 Å². The van der Waals surface area contributed by atoms with E-state index in [1.807, 2.05) is 19.2 Å². The molecule has 2 heterocycles. The zero-order valence-electron chi connectivity index (χ0n) is 12.8. The highest BCUT2D eigenvalue weighted by molar-refractivity contribution is 7.09. The summed E-state index contributed by atoms with van der Waals surface area (Å²) in [6.07, 6.45) is 1.49. The van der Waals surface area contributed by atoms with Crippen molar-refractivity contribution in [1.29, 1.82) is 0 Å². The van der Waals surface area contributed by atoms with Crippen LogP contribution in [0.4, 0.5) is 0 Å². The molecule has 0 fully saturated rings. The predicted octanol–water partition coefficient (Wildman–Crippen LogP) is 1.81. The summed E-state index contributed by atoms with van der Waals surface area (Å²) in [7, 11) is 1.56. The normalized spacial score (nSPS) is 12.1. The number of pyridine rings is 1. The molecule has 0 saturated carbocycles. The van der Waals surface area contributed by atoms with Gasteiger partial charge in [-0.2, -0.15) is 0 Å². The molecule has 0 saturated heterocycles. The molecule has 0 aliphatic rings. The zero-order valence-corrected chi connectivity index (χ0v) is 13.6. The first-order valence-electron chi connectivity index (χ1n) is 7.03. The quantitative estimate of drug-likeness (QED) is 0.880. The Bertz CT molecular complexity index is 708. The molecule has 0 aliphatic heterocycles. The summed E-state index contributed by atoms with van der Waals surface area (Å²) in [5, 5.41) is 5.33. The van der Waals surface area contributed by atoms with E-state index in [4.69, 9.17) is 4.74 Å². The highest BCUT2D eigenvalue weighted by Crippen LogP contribution is 2.21. The topological polar surface area (TPSA) is 73.2 Å². The van der Waals surface area contributed by atoms with Crippen molar-refractivity contribution >= 4 is 17.2 Å². The lowest BCUT2D eigenvalue weighted by molar-refractivity contribution is 0.0761. The Morgan fingerprint density at radius 2 is 2.27 bits per heavy atom. The van der Waals surface area contributed by atoms with Gasteiger partial charge in [-0.15, -0.1) is 11.3 Å². The van der Waals surface area contributed by atoms with Crippen molar-refractivity contribution in [1.82, 2.24) is 14.9 Å². The van der Waals surface area contributed by atoms with Crippen LogP contribution in [0.1, 0.15) is 41.0 Å². The number of carbonyl (C=O) groups is 1. The van der Waals surface area contributed by atoms with Crippen LogP contribution in [0.2, 0.25) is 0 Å². The molecule has 0 aromatic carbocycles. The summed E-state index contributed by atoms with van der Waals surface area (Å²) in [4.78, 5) is 28.0. The van der Waals surface area contributed by atoms with E-state index in [9.17, 15) is 9.59 Å². The Labute approximate surface area is 132 Å². The van der Waals surface area contributed by atoms with Crippen LogP contribution in [-0.4, -0.2) is 29.1 Å². The molecule has 1 amide bonds. The van der Waals surface area contributed by atoms with Gasteiger partial charge in [0.1, 0.15) is 11.1 Å². The van der Waals surface area contributed by atoms with Crippen molar-refractivity contribution in [3.63, 3.8) is 0 Å². The number of carbonyl (C=O) groups excluding carboxylic acids is 1. The van der Waals surface area contributed by atoms with Gasteiger partial charge in [0, 0.05) is 31.3 Å². The van der Waals surface area contributed by atoms with E-state index in [1.165, 1.54) is 28.0 Å². The molecular weight excluding hydrogens is 302 g/mol. The Morgan fingerprint density at radius 1 is 1.50 bits per heavy atom. The van der Waals surface area contributed by atoms with Crippen molar-refractivity contribution in [3.8, 4) is 0 Å². The fraction of sp³-hybridized carbons (Fsp3) is 0.400. The van der Waals surface area contributed by atoms with E-state index in [2.05, 4.69) is 10.3 Å². The van der Waals surface area contributed by atoms with E-state index in [1.54, 1.807) is 13.2 Å². The summed E-state index contributed by atoms with van der Waals surface area (Å²) < 4.78 is 6.99. The lowest BCUT2D eigenvalue weighted by atomic mass is 10.2. The number of nitrogens with zero attached hydrogens (tertiary/aromatic N) is 2. The van der Waals surface area contributed by atoms with Gasteiger partial charge >= 0.3 is 0 Å². The molecule has 2 rings (SSSR count). The Hall–Kier alpha value is -1.99. The van der Waals surface area contributed by atoms with Crippen LogP contribution in [-0.2, 0) is 11.3 Å². The Morgan fingerprint density at radius 3 is 2.95 bits per heavy atom. The number of ether oxygens (including phenoxy) is 1. The molecule has 0 radical (unpaired) electrons. The molecule has 1 atom stereocenters. The third-order valence-corrected chi connectivity index (χ3v) is 4.19. The fourth-order valence-corrected chi connectivity index (χ4v) is 2.83. The SMILES string of the molecule is CCOC(C)c1nc(Cn2cc(C(=O)NC)ccc2=O)cs1. The molecule has 118 valence electrons. The molecule has 0 bridgehead atoms. The summed E-state index contributed by atoms with van der Waals surface area (Å²) in [6, 6.07) is 2.90. The molecule has 0 spiro atoms. The molecule has 1 N–H and O–H groups in total. The number of aromatic nitrogens is 2. The van der Waals surface area contributed by atoms with E-state index < -0.39 is 0 Å². The van der Waals surface area contributed by atoms with Crippen molar-refractivity contribution in [3.05, 3.63) is 50.3 Å². The van der Waals surface area contributed by atoms with Gasteiger partial charge in [0.05, 0.1) is 17.8 Å². The Balaban J connectivity index is 2.20. The first kappa shape index (κ1) is 16.4. The molecule has 2 aromatic heterocycles. The minimum absolute atomic E-state index is 0.0577. The van der Waals surface area contributed by atoms with Gasteiger partial charge in [0.15, 0.2) is 0 Å². The van der Waals surface area contributed by atoms with E-state index in [0.717, 1.165) is 10.7 Å². The average Bonchev–Trinajstić information content (AvgIpc) is 2.97. The van der Waals surface area contributed by atoms with E-state index in [-0.39, 0.29) is 17.6 Å². The minimum Gasteiger partial charge on any atom is -0.372 e. The smallest absolute Gasteiger partial charge is 0.252 e. The number of rotatable bonds is 6. The fourth-order valence-electron chi connectivity index (χ4n) is 2.01. The van der Waals surface area contributed by atoms with Crippen LogP contribution in [0, 0.1) is 0 Å². The van der Waals surface area contributed by atoms with Gasteiger partial charge in [-0.1, -0.05) is 0 Å². The maximum Gasteiger partial charge on any atom is 0.252 e. The number of hydrogen-bond acceptors (Lipinski definition) is 5. The van der Waals surface area contributed by atoms with Crippen molar-refractivity contribution in [2.75, 3.05) is 13.7 Å². The number of amides is 1. The molecule has 1 unspecified atom stereocenters. The van der Waals surface area contributed by atoms with Gasteiger partial charge in [-0.25, -0.2) is 4.98 Å². The highest BCUT2D eigenvalue weighted by atomic mass is 32.1. The van der Waals surface area contributed by atoms with Gasteiger partial charge in [0.2, 0.25) is 0 Å². The highest BCUT2D eigenvalue weighted by Gasteiger charge is 2.12. The van der Waals surface area contributed by atoms with Gasteiger partial charge < -0.3 is 14.6 Å². The second-order valence-corrected chi connectivity index (χ2v) is 5.63. The lowest BCUT2D eigenvalue weighted by Crippen LogP contribution is -2.24. The molecule has 6 nitrogen and oxygen atoms in total.